The summed E-state index contributed by atoms with van der Waals surface area (Å²) in [7, 11) is 0. The lowest BCUT2D eigenvalue weighted by atomic mass is 9.85. The van der Waals surface area contributed by atoms with Gasteiger partial charge in [-0.3, -0.25) is 4.79 Å². The highest BCUT2D eigenvalue weighted by molar-refractivity contribution is 5.91. The van der Waals surface area contributed by atoms with Crippen LogP contribution in [0.15, 0.2) is 96.7 Å². The Balaban J connectivity index is 1.40. The van der Waals surface area contributed by atoms with Gasteiger partial charge in [0, 0.05) is 24.7 Å². The van der Waals surface area contributed by atoms with Gasteiger partial charge in [0.15, 0.2) is 5.78 Å². The molecule has 0 saturated heterocycles. The van der Waals surface area contributed by atoms with E-state index in [2.05, 4.69) is 23.5 Å². The summed E-state index contributed by atoms with van der Waals surface area (Å²) in [5, 5.41) is 3.44. The predicted molar refractivity (Wildman–Crippen MR) is 111 cm³/mol. The Morgan fingerprint density at radius 3 is 2.32 bits per heavy atom. The van der Waals surface area contributed by atoms with Crippen molar-refractivity contribution in [3.63, 3.8) is 0 Å². The molecule has 1 N–H and O–H groups in total. The first kappa shape index (κ1) is 18.1. The molecular weight excluding hydrogens is 346 g/mol. The predicted octanol–water partition coefficient (Wildman–Crippen LogP) is 5.60. The quantitative estimate of drug-likeness (QED) is 0.615. The molecular formula is C25H23NO2. The Bertz CT molecular complexity index is 964. The van der Waals surface area contributed by atoms with E-state index in [1.165, 1.54) is 5.56 Å². The van der Waals surface area contributed by atoms with Crippen LogP contribution in [0.1, 0.15) is 29.9 Å². The number of nitrogens with one attached hydrogen (secondary N) is 1. The molecule has 0 aromatic heterocycles. The van der Waals surface area contributed by atoms with Gasteiger partial charge in [0.1, 0.15) is 11.5 Å². The van der Waals surface area contributed by atoms with Crippen LogP contribution >= 0.6 is 0 Å². The highest BCUT2D eigenvalue weighted by Crippen LogP contribution is 2.30. The van der Waals surface area contributed by atoms with Gasteiger partial charge < -0.3 is 10.1 Å². The molecule has 1 aliphatic rings. The van der Waals surface area contributed by atoms with E-state index in [1.807, 2.05) is 66.7 Å². The third-order valence-electron chi connectivity index (χ3n) is 4.92. The zero-order chi connectivity index (χ0) is 19.2. The number of hydrogen-bond acceptors (Lipinski definition) is 3. The zero-order valence-electron chi connectivity index (χ0n) is 15.7. The number of rotatable bonds is 6. The van der Waals surface area contributed by atoms with Crippen molar-refractivity contribution in [2.45, 2.75) is 25.3 Å². The Morgan fingerprint density at radius 2 is 1.54 bits per heavy atom. The minimum atomic E-state index is 0.184. The maximum atomic E-state index is 12.2. The normalized spacial score (nSPS) is 16.4. The van der Waals surface area contributed by atoms with E-state index in [0.29, 0.717) is 13.0 Å². The Hall–Kier alpha value is -3.33. The molecule has 4 rings (SSSR count). The van der Waals surface area contributed by atoms with Crippen LogP contribution in [0.2, 0.25) is 0 Å². The molecule has 0 amide bonds. The van der Waals surface area contributed by atoms with Crippen molar-refractivity contribution >= 4 is 5.78 Å². The molecule has 1 unspecified atom stereocenters. The van der Waals surface area contributed by atoms with E-state index in [-0.39, 0.29) is 11.7 Å². The average Bonchev–Trinajstić information content (AvgIpc) is 2.74. The van der Waals surface area contributed by atoms with Crippen LogP contribution in [0, 0.1) is 0 Å². The molecule has 28 heavy (non-hydrogen) atoms. The summed E-state index contributed by atoms with van der Waals surface area (Å²) in [6.07, 6.45) is 3.19. The third-order valence-corrected chi connectivity index (χ3v) is 4.92. The summed E-state index contributed by atoms with van der Waals surface area (Å²) in [5.41, 5.74) is 3.34. The number of ketones is 1. The summed E-state index contributed by atoms with van der Waals surface area (Å²) in [4.78, 5) is 12.2. The summed E-state index contributed by atoms with van der Waals surface area (Å²) in [6, 6.07) is 28.1. The molecule has 1 aliphatic carbocycles. The number of carbonyl (C=O) groups is 1. The third kappa shape index (κ3) is 4.68. The molecule has 0 bridgehead atoms. The fraction of sp³-hybridized carbons (Fsp3) is 0.160. The van der Waals surface area contributed by atoms with E-state index in [4.69, 9.17) is 4.74 Å². The van der Waals surface area contributed by atoms with Gasteiger partial charge >= 0.3 is 0 Å². The smallest absolute Gasteiger partial charge is 0.158 e. The molecule has 1 atom stereocenters. The largest absolute Gasteiger partial charge is 0.457 e. The summed E-state index contributed by atoms with van der Waals surface area (Å²) >= 11 is 0. The minimum absolute atomic E-state index is 0.184. The zero-order valence-corrected chi connectivity index (χ0v) is 15.7. The lowest BCUT2D eigenvalue weighted by molar-refractivity contribution is -0.115. The number of hydrogen-bond donors (Lipinski definition) is 1. The summed E-state index contributed by atoms with van der Waals surface area (Å²) in [6.45, 7) is 0.659. The molecule has 0 saturated carbocycles. The highest BCUT2D eigenvalue weighted by atomic mass is 16.5. The minimum Gasteiger partial charge on any atom is -0.457 e. The monoisotopic (exact) mass is 369 g/mol. The fourth-order valence-electron chi connectivity index (χ4n) is 3.54. The molecule has 3 heteroatoms. The van der Waals surface area contributed by atoms with Gasteiger partial charge in [0.05, 0.1) is 0 Å². The maximum Gasteiger partial charge on any atom is 0.158 e. The van der Waals surface area contributed by atoms with Crippen LogP contribution in [0.4, 0.5) is 0 Å². The molecule has 0 fully saturated rings. The maximum absolute atomic E-state index is 12.2. The van der Waals surface area contributed by atoms with Crippen LogP contribution in [0.25, 0.3) is 0 Å². The van der Waals surface area contributed by atoms with E-state index in [9.17, 15) is 4.79 Å². The number of carbonyl (C=O) groups excluding carboxylic acids is 1. The van der Waals surface area contributed by atoms with Crippen molar-refractivity contribution in [2.75, 3.05) is 0 Å². The van der Waals surface area contributed by atoms with Crippen molar-refractivity contribution in [3.8, 4) is 11.5 Å². The van der Waals surface area contributed by atoms with Crippen LogP contribution in [0.3, 0.4) is 0 Å². The molecule has 0 radical (unpaired) electrons. The van der Waals surface area contributed by atoms with Gasteiger partial charge in [0.25, 0.3) is 0 Å². The Labute approximate surface area is 165 Å². The first-order valence-corrected chi connectivity index (χ1v) is 9.60. The molecule has 3 aromatic rings. The van der Waals surface area contributed by atoms with Crippen molar-refractivity contribution in [2.24, 2.45) is 0 Å². The van der Waals surface area contributed by atoms with Crippen LogP contribution in [0.5, 0.6) is 11.5 Å². The van der Waals surface area contributed by atoms with Crippen LogP contribution in [-0.4, -0.2) is 5.78 Å². The van der Waals surface area contributed by atoms with Gasteiger partial charge in [-0.25, -0.2) is 0 Å². The van der Waals surface area contributed by atoms with Crippen molar-refractivity contribution < 1.29 is 9.53 Å². The molecule has 3 aromatic carbocycles. The second-order valence-corrected chi connectivity index (χ2v) is 7.07. The topological polar surface area (TPSA) is 38.3 Å². The van der Waals surface area contributed by atoms with Crippen molar-refractivity contribution in [3.05, 3.63) is 108 Å². The van der Waals surface area contributed by atoms with Gasteiger partial charge in [-0.2, -0.15) is 0 Å². The summed E-state index contributed by atoms with van der Waals surface area (Å²) < 4.78 is 5.91. The Morgan fingerprint density at radius 1 is 0.821 bits per heavy atom. The first-order valence-electron chi connectivity index (χ1n) is 9.60. The lowest BCUT2D eigenvalue weighted by Gasteiger charge is -2.23. The van der Waals surface area contributed by atoms with Crippen LogP contribution < -0.4 is 10.1 Å². The van der Waals surface area contributed by atoms with E-state index >= 15 is 0 Å². The number of benzene rings is 3. The van der Waals surface area contributed by atoms with Gasteiger partial charge in [-0.15, -0.1) is 0 Å². The van der Waals surface area contributed by atoms with Crippen LogP contribution in [-0.2, 0) is 11.3 Å². The average molecular weight is 369 g/mol. The fourth-order valence-corrected chi connectivity index (χ4v) is 3.54. The number of ether oxygens (including phenoxy) is 1. The molecule has 0 aliphatic heterocycles. The number of para-hydroxylation sites is 1. The van der Waals surface area contributed by atoms with Gasteiger partial charge in [0.2, 0.25) is 0 Å². The molecule has 3 nitrogen and oxygen atoms in total. The highest BCUT2D eigenvalue weighted by Gasteiger charge is 2.21. The summed E-state index contributed by atoms with van der Waals surface area (Å²) in [5.74, 6) is 2.05. The molecule has 0 heterocycles. The SMILES string of the molecule is O=C1C=C(NCc2cccc(Oc3ccccc3)c2)CC(c2ccccc2)C1. The van der Waals surface area contributed by atoms with E-state index < -0.39 is 0 Å². The van der Waals surface area contributed by atoms with Gasteiger partial charge in [-0.1, -0.05) is 60.7 Å². The second kappa shape index (κ2) is 8.57. The lowest BCUT2D eigenvalue weighted by Crippen LogP contribution is -2.21. The molecule has 140 valence electrons. The van der Waals surface area contributed by atoms with E-state index in [0.717, 1.165) is 29.2 Å². The first-order chi connectivity index (χ1) is 13.8. The van der Waals surface area contributed by atoms with Gasteiger partial charge in [-0.05, 0) is 47.7 Å². The number of allylic oxidation sites excluding steroid dienone is 2. The molecule has 0 spiro atoms. The van der Waals surface area contributed by atoms with Crippen molar-refractivity contribution in [1.29, 1.82) is 0 Å². The Kier molecular flexibility index (Phi) is 5.53. The van der Waals surface area contributed by atoms with E-state index in [1.54, 1.807) is 6.08 Å². The second-order valence-electron chi connectivity index (χ2n) is 7.07. The van der Waals surface area contributed by atoms with Crippen molar-refractivity contribution in [1.82, 2.24) is 5.32 Å². The standard InChI is InChI=1S/C25H23NO2/c27-23-16-21(20-9-3-1-4-10-20)15-22(17-23)26-18-19-8-7-13-25(14-19)28-24-11-5-2-6-12-24/h1-14,17,21,26H,15-16,18H2.